The standard InChI is InChI=1S/C13H11F3N2O2/c1-18(12(19)11-6-7-20-17-11)8-9-4-2-3-5-10(9)13(14,15)16/h2-7H,8H2,1H3. The number of benzene rings is 1. The average molecular weight is 284 g/mol. The molecular formula is C13H11F3N2O2. The van der Waals surface area contributed by atoms with Gasteiger partial charge in [-0.05, 0) is 11.6 Å². The van der Waals surface area contributed by atoms with Gasteiger partial charge in [0.1, 0.15) is 6.26 Å². The normalized spacial score (nSPS) is 11.4. The number of carbonyl (C=O) groups excluding carboxylic acids is 1. The first kappa shape index (κ1) is 14.1. The fourth-order valence-corrected chi connectivity index (χ4v) is 1.78. The minimum atomic E-state index is -4.45. The van der Waals surface area contributed by atoms with E-state index in [0.29, 0.717) is 0 Å². The predicted octanol–water partition coefficient (Wildman–Crippen LogP) is 2.97. The highest BCUT2D eigenvalue weighted by Gasteiger charge is 2.33. The van der Waals surface area contributed by atoms with Crippen molar-refractivity contribution in [2.24, 2.45) is 0 Å². The summed E-state index contributed by atoms with van der Waals surface area (Å²) in [6.45, 7) is -0.165. The zero-order valence-electron chi connectivity index (χ0n) is 10.5. The quantitative estimate of drug-likeness (QED) is 0.870. The molecule has 0 unspecified atom stereocenters. The molecule has 0 aliphatic rings. The number of nitrogens with zero attached hydrogens (tertiary/aromatic N) is 2. The molecule has 0 spiro atoms. The van der Waals surface area contributed by atoms with Crippen molar-refractivity contribution in [2.75, 3.05) is 7.05 Å². The molecule has 1 aromatic carbocycles. The van der Waals surface area contributed by atoms with E-state index in [-0.39, 0.29) is 17.8 Å². The monoisotopic (exact) mass is 284 g/mol. The Balaban J connectivity index is 2.20. The second-order valence-corrected chi connectivity index (χ2v) is 4.20. The number of alkyl halides is 3. The lowest BCUT2D eigenvalue weighted by Gasteiger charge is -2.19. The second kappa shape index (κ2) is 5.36. The number of hydrogen-bond acceptors (Lipinski definition) is 3. The molecule has 0 saturated heterocycles. The Morgan fingerprint density at radius 3 is 2.60 bits per heavy atom. The van der Waals surface area contributed by atoms with E-state index >= 15 is 0 Å². The molecule has 0 radical (unpaired) electrons. The average Bonchev–Trinajstić information content (AvgIpc) is 2.91. The highest BCUT2D eigenvalue weighted by molar-refractivity contribution is 5.91. The molecular weight excluding hydrogens is 273 g/mol. The van der Waals surface area contributed by atoms with Gasteiger partial charge in [-0.3, -0.25) is 4.79 Å². The van der Waals surface area contributed by atoms with Gasteiger partial charge in [-0.1, -0.05) is 23.4 Å². The van der Waals surface area contributed by atoms with E-state index in [1.807, 2.05) is 0 Å². The molecule has 4 nitrogen and oxygen atoms in total. The molecule has 0 saturated carbocycles. The summed E-state index contributed by atoms with van der Waals surface area (Å²) < 4.78 is 43.1. The van der Waals surface area contributed by atoms with Gasteiger partial charge in [0.25, 0.3) is 5.91 Å². The van der Waals surface area contributed by atoms with Gasteiger partial charge >= 0.3 is 6.18 Å². The zero-order chi connectivity index (χ0) is 14.8. The van der Waals surface area contributed by atoms with Crippen LogP contribution in [0.5, 0.6) is 0 Å². The summed E-state index contributed by atoms with van der Waals surface area (Å²) in [4.78, 5) is 13.0. The van der Waals surface area contributed by atoms with E-state index in [1.54, 1.807) is 0 Å². The van der Waals surface area contributed by atoms with Gasteiger partial charge in [0.2, 0.25) is 0 Å². The molecule has 20 heavy (non-hydrogen) atoms. The Morgan fingerprint density at radius 2 is 2.00 bits per heavy atom. The number of halogens is 3. The Morgan fingerprint density at radius 1 is 1.30 bits per heavy atom. The molecule has 7 heteroatoms. The van der Waals surface area contributed by atoms with E-state index < -0.39 is 17.6 Å². The van der Waals surface area contributed by atoms with Gasteiger partial charge in [-0.2, -0.15) is 13.2 Å². The Kier molecular flexibility index (Phi) is 3.78. The molecule has 106 valence electrons. The number of hydrogen-bond donors (Lipinski definition) is 0. The van der Waals surface area contributed by atoms with Crippen LogP contribution in [-0.4, -0.2) is 23.0 Å². The molecule has 0 bridgehead atoms. The van der Waals surface area contributed by atoms with Crippen LogP contribution in [0.4, 0.5) is 13.2 Å². The van der Waals surface area contributed by atoms with Crippen molar-refractivity contribution in [2.45, 2.75) is 12.7 Å². The van der Waals surface area contributed by atoms with Crippen LogP contribution in [0.1, 0.15) is 21.6 Å². The highest BCUT2D eigenvalue weighted by Crippen LogP contribution is 2.32. The third-order valence-corrected chi connectivity index (χ3v) is 2.73. The first-order chi connectivity index (χ1) is 9.39. The lowest BCUT2D eigenvalue weighted by molar-refractivity contribution is -0.138. The second-order valence-electron chi connectivity index (χ2n) is 4.20. The Bertz CT molecular complexity index is 594. The molecule has 2 rings (SSSR count). The molecule has 1 amide bonds. The highest BCUT2D eigenvalue weighted by atomic mass is 19.4. The van der Waals surface area contributed by atoms with Crippen LogP contribution in [-0.2, 0) is 12.7 Å². The molecule has 2 aromatic rings. The van der Waals surface area contributed by atoms with Crippen LogP contribution in [0.25, 0.3) is 0 Å². The van der Waals surface area contributed by atoms with Crippen LogP contribution >= 0.6 is 0 Å². The minimum absolute atomic E-state index is 0.0272. The topological polar surface area (TPSA) is 46.3 Å². The van der Waals surface area contributed by atoms with Gasteiger partial charge < -0.3 is 9.42 Å². The largest absolute Gasteiger partial charge is 0.416 e. The van der Waals surface area contributed by atoms with Crippen molar-refractivity contribution in [3.05, 3.63) is 53.4 Å². The molecule has 0 aliphatic heterocycles. The van der Waals surface area contributed by atoms with E-state index in [1.165, 1.54) is 37.6 Å². The SMILES string of the molecule is CN(Cc1ccccc1C(F)(F)F)C(=O)c1ccon1. The van der Waals surface area contributed by atoms with E-state index in [9.17, 15) is 18.0 Å². The first-order valence-electron chi connectivity index (χ1n) is 5.70. The summed E-state index contributed by atoms with van der Waals surface area (Å²) in [7, 11) is 1.41. The maximum atomic E-state index is 12.8. The summed E-state index contributed by atoms with van der Waals surface area (Å²) in [6, 6.07) is 6.50. The fraction of sp³-hybridized carbons (Fsp3) is 0.231. The van der Waals surface area contributed by atoms with Crippen molar-refractivity contribution < 1.29 is 22.5 Å². The van der Waals surface area contributed by atoms with Gasteiger partial charge in [0.05, 0.1) is 5.56 Å². The summed E-state index contributed by atoms with van der Waals surface area (Å²) in [5.74, 6) is -0.504. The molecule has 1 heterocycles. The number of amides is 1. The Labute approximate surface area is 112 Å². The lowest BCUT2D eigenvalue weighted by Crippen LogP contribution is -2.27. The molecule has 0 aliphatic carbocycles. The van der Waals surface area contributed by atoms with E-state index in [4.69, 9.17) is 0 Å². The van der Waals surface area contributed by atoms with Gasteiger partial charge in [0.15, 0.2) is 5.69 Å². The summed E-state index contributed by atoms with van der Waals surface area (Å²) in [6.07, 6.45) is -3.22. The van der Waals surface area contributed by atoms with Gasteiger partial charge in [-0.15, -0.1) is 0 Å². The van der Waals surface area contributed by atoms with Crippen LogP contribution in [0, 0.1) is 0 Å². The zero-order valence-corrected chi connectivity index (χ0v) is 10.5. The smallest absolute Gasteiger partial charge is 0.364 e. The maximum Gasteiger partial charge on any atom is 0.416 e. The Hall–Kier alpha value is -2.31. The minimum Gasteiger partial charge on any atom is -0.364 e. The summed E-state index contributed by atoms with van der Waals surface area (Å²) in [5, 5.41) is 3.46. The van der Waals surface area contributed by atoms with Crippen LogP contribution < -0.4 is 0 Å². The first-order valence-corrected chi connectivity index (χ1v) is 5.70. The third kappa shape index (κ3) is 2.98. The van der Waals surface area contributed by atoms with Gasteiger partial charge in [-0.25, -0.2) is 0 Å². The van der Waals surface area contributed by atoms with E-state index in [2.05, 4.69) is 9.68 Å². The summed E-state index contributed by atoms with van der Waals surface area (Å²) >= 11 is 0. The predicted molar refractivity (Wildman–Crippen MR) is 63.7 cm³/mol. The van der Waals surface area contributed by atoms with Crippen molar-refractivity contribution in [3.63, 3.8) is 0 Å². The molecule has 0 N–H and O–H groups in total. The van der Waals surface area contributed by atoms with Crippen molar-refractivity contribution in [1.82, 2.24) is 10.1 Å². The molecule has 1 aromatic heterocycles. The maximum absolute atomic E-state index is 12.8. The van der Waals surface area contributed by atoms with Crippen LogP contribution in [0.15, 0.2) is 41.1 Å². The number of rotatable bonds is 3. The number of carbonyl (C=O) groups is 1. The van der Waals surface area contributed by atoms with Crippen molar-refractivity contribution in [3.8, 4) is 0 Å². The van der Waals surface area contributed by atoms with Crippen LogP contribution in [0.3, 0.4) is 0 Å². The van der Waals surface area contributed by atoms with Crippen molar-refractivity contribution >= 4 is 5.91 Å². The number of aromatic nitrogens is 1. The van der Waals surface area contributed by atoms with Crippen molar-refractivity contribution in [1.29, 1.82) is 0 Å². The van der Waals surface area contributed by atoms with Gasteiger partial charge in [0, 0.05) is 19.7 Å². The van der Waals surface area contributed by atoms with Crippen LogP contribution in [0.2, 0.25) is 0 Å². The van der Waals surface area contributed by atoms with E-state index in [0.717, 1.165) is 11.0 Å². The summed E-state index contributed by atoms with van der Waals surface area (Å²) in [5.41, 5.74) is -0.670. The fourth-order valence-electron chi connectivity index (χ4n) is 1.78. The molecule has 0 fully saturated rings. The molecule has 0 atom stereocenters. The lowest BCUT2D eigenvalue weighted by atomic mass is 10.1. The third-order valence-electron chi connectivity index (χ3n) is 2.73.